The number of phenolic OH excluding ortho intramolecular Hbond substituents is 1. The maximum absolute atomic E-state index is 14.4. The smallest absolute Gasteiger partial charge is 0.337 e. The summed E-state index contributed by atoms with van der Waals surface area (Å²) in [5.41, 5.74) is 1.83. The zero-order valence-electron chi connectivity index (χ0n) is 24.7. The number of halogens is 1. The number of ether oxygens (including phenoxy) is 1. The maximum Gasteiger partial charge on any atom is 0.337 e. The number of phenols is 1. The van der Waals surface area contributed by atoms with Crippen LogP contribution in [0.3, 0.4) is 0 Å². The van der Waals surface area contributed by atoms with Crippen LogP contribution >= 0.6 is 12.0 Å². The molecule has 3 aromatic carbocycles. The van der Waals surface area contributed by atoms with Crippen molar-refractivity contribution in [1.82, 2.24) is 15.0 Å². The van der Waals surface area contributed by atoms with Gasteiger partial charge in [-0.25, -0.2) is 10.1 Å². The number of amidine groups is 1. The number of carboxylic acids is 1. The molecular weight excluding hydrogens is 693 g/mol. The number of aromatic hydroxyl groups is 1. The minimum absolute atomic E-state index is 0.00846. The first kappa shape index (κ1) is 35.0. The van der Waals surface area contributed by atoms with Crippen LogP contribution in [0.5, 0.6) is 5.75 Å². The summed E-state index contributed by atoms with van der Waals surface area (Å²) < 4.78 is 58.1. The van der Waals surface area contributed by atoms with Gasteiger partial charge in [0.25, 0.3) is 10.1 Å². The molecule has 4 aromatic rings. The van der Waals surface area contributed by atoms with Crippen molar-refractivity contribution in [3.05, 3.63) is 77.9 Å². The molecule has 0 amide bonds. The number of rotatable bonds is 12. The van der Waals surface area contributed by atoms with Crippen molar-refractivity contribution >= 4 is 62.9 Å². The molecule has 1 aliphatic rings. The number of benzene rings is 3. The van der Waals surface area contributed by atoms with E-state index in [1.807, 2.05) is 0 Å². The molecule has 0 aliphatic carbocycles. The summed E-state index contributed by atoms with van der Waals surface area (Å²) in [6.45, 7) is 1.45. The van der Waals surface area contributed by atoms with Gasteiger partial charge in [0.2, 0.25) is 17.7 Å². The van der Waals surface area contributed by atoms with E-state index in [9.17, 15) is 32.4 Å². The highest BCUT2D eigenvalue weighted by atomic mass is 32.2. The van der Waals surface area contributed by atoms with Gasteiger partial charge < -0.3 is 25.2 Å². The minimum Gasteiger partial charge on any atom is -0.504 e. The Balaban J connectivity index is 1.51. The van der Waals surface area contributed by atoms with E-state index < -0.39 is 50.1 Å². The van der Waals surface area contributed by atoms with Crippen molar-refractivity contribution in [3.8, 4) is 5.75 Å². The summed E-state index contributed by atoms with van der Waals surface area (Å²) in [5.74, 6) is -2.62. The molecule has 49 heavy (non-hydrogen) atoms. The summed E-state index contributed by atoms with van der Waals surface area (Å²) in [6.07, 6.45) is -1.16. The fourth-order valence-electron chi connectivity index (χ4n) is 4.18. The summed E-state index contributed by atoms with van der Waals surface area (Å²) >= 11 is 0.543. The van der Waals surface area contributed by atoms with Crippen LogP contribution in [0, 0.1) is 6.08 Å². The third kappa shape index (κ3) is 9.17. The SMILES string of the molecule is O=C(O)c1cc(SOOO)ccc1N/N=C(\N=Nc1cc(S(=O)(=O)O)cc(Nc2nc(F)nc(N3CCOCC3)n2)c1O)c1ccccc1. The molecule has 0 unspecified atom stereocenters. The minimum atomic E-state index is -4.88. The average Bonchev–Trinajstić information content (AvgIpc) is 3.09. The monoisotopic (exact) mass is 717 g/mol. The molecule has 2 heterocycles. The fourth-order valence-corrected chi connectivity index (χ4v) is 5.11. The zero-order valence-corrected chi connectivity index (χ0v) is 26.3. The number of carboxylic acid groups (broad SMARTS) is 1. The quantitative estimate of drug-likeness (QED) is 0.0175. The maximum atomic E-state index is 14.4. The molecule has 1 fully saturated rings. The standard InChI is InChI=1S/C27H24FN9O10S2/c28-25-30-26(32-27(31-25)37-8-10-45-11-9-37)29-20-13-17(49(42,43)44)14-21(22(20)38)34-36-23(15-4-2-1-3-5-15)35-33-19-7-6-16(48-47-46-41)12-18(19)24(39)40/h1-7,12-14,33,38,41H,8-11H2,(H,39,40)(H,42,43,44)(H,29,30,31,32)/b35-23-,36-34?. The van der Waals surface area contributed by atoms with Gasteiger partial charge in [0, 0.05) is 23.5 Å². The number of morpholine rings is 1. The highest BCUT2D eigenvalue weighted by Gasteiger charge is 2.21. The van der Waals surface area contributed by atoms with Crippen molar-refractivity contribution in [2.75, 3.05) is 41.9 Å². The van der Waals surface area contributed by atoms with Gasteiger partial charge in [-0.2, -0.15) is 32.9 Å². The molecule has 1 aliphatic heterocycles. The Labute approximate surface area is 279 Å². The Kier molecular flexibility index (Phi) is 11.2. The molecule has 19 nitrogen and oxygen atoms in total. The van der Waals surface area contributed by atoms with Gasteiger partial charge in [0.15, 0.2) is 5.75 Å². The van der Waals surface area contributed by atoms with E-state index in [2.05, 4.69) is 50.4 Å². The van der Waals surface area contributed by atoms with Crippen molar-refractivity contribution < 1.29 is 51.7 Å². The average molecular weight is 718 g/mol. The number of hydrazone groups is 1. The van der Waals surface area contributed by atoms with E-state index in [0.717, 1.165) is 12.1 Å². The van der Waals surface area contributed by atoms with Gasteiger partial charge in [0.1, 0.15) is 5.69 Å². The van der Waals surface area contributed by atoms with Gasteiger partial charge in [-0.1, -0.05) is 35.4 Å². The number of azo groups is 1. The predicted octanol–water partition coefficient (Wildman–Crippen LogP) is 4.23. The lowest BCUT2D eigenvalue weighted by atomic mass is 10.2. The van der Waals surface area contributed by atoms with E-state index in [0.29, 0.717) is 43.9 Å². The molecule has 5 rings (SSSR count). The van der Waals surface area contributed by atoms with Crippen LogP contribution in [-0.2, 0) is 24.2 Å². The summed E-state index contributed by atoms with van der Waals surface area (Å²) in [4.78, 5) is 24.5. The Bertz CT molecular complexity index is 2000. The number of aromatic nitrogens is 3. The van der Waals surface area contributed by atoms with Crippen molar-refractivity contribution in [3.63, 3.8) is 0 Å². The summed E-state index contributed by atoms with van der Waals surface area (Å²) in [6, 6.07) is 13.8. The summed E-state index contributed by atoms with van der Waals surface area (Å²) in [7, 11) is -4.88. The van der Waals surface area contributed by atoms with Crippen LogP contribution in [0.4, 0.5) is 33.3 Å². The first-order valence-corrected chi connectivity index (χ1v) is 15.9. The lowest BCUT2D eigenvalue weighted by Crippen LogP contribution is -2.37. The second-order valence-electron chi connectivity index (χ2n) is 9.62. The highest BCUT2D eigenvalue weighted by molar-refractivity contribution is 7.94. The largest absolute Gasteiger partial charge is 0.504 e. The van der Waals surface area contributed by atoms with Crippen LogP contribution in [0.25, 0.3) is 0 Å². The van der Waals surface area contributed by atoms with Crippen molar-refractivity contribution in [2.45, 2.75) is 9.79 Å². The second kappa shape index (κ2) is 15.7. The molecule has 22 heteroatoms. The van der Waals surface area contributed by atoms with Crippen molar-refractivity contribution in [2.24, 2.45) is 15.3 Å². The molecule has 0 spiro atoms. The first-order chi connectivity index (χ1) is 23.5. The molecular formula is C27H24FN9O10S2. The molecule has 0 bridgehead atoms. The lowest BCUT2D eigenvalue weighted by molar-refractivity contribution is -0.432. The van der Waals surface area contributed by atoms with E-state index in [1.165, 1.54) is 18.2 Å². The molecule has 256 valence electrons. The zero-order chi connectivity index (χ0) is 35.0. The summed E-state index contributed by atoms with van der Waals surface area (Å²) in [5, 5.41) is 47.3. The van der Waals surface area contributed by atoms with Gasteiger partial charge in [0.05, 0.1) is 47.1 Å². The normalized spacial score (nSPS) is 13.9. The molecule has 0 atom stereocenters. The van der Waals surface area contributed by atoms with Crippen LogP contribution in [-0.4, -0.2) is 81.5 Å². The Hall–Kier alpha value is -5.36. The van der Waals surface area contributed by atoms with E-state index >= 15 is 0 Å². The number of nitrogens with zero attached hydrogens (tertiary/aromatic N) is 7. The second-order valence-corrected chi connectivity index (χ2v) is 11.8. The van der Waals surface area contributed by atoms with Crippen LogP contribution < -0.4 is 15.6 Å². The number of aromatic carboxylic acids is 1. The number of hydrogen-bond acceptors (Lipinski definition) is 17. The Morgan fingerprint density at radius 2 is 1.80 bits per heavy atom. The number of carbonyl (C=O) groups is 1. The highest BCUT2D eigenvalue weighted by Crippen LogP contribution is 2.39. The number of hydrogen-bond donors (Lipinski definition) is 6. The van der Waals surface area contributed by atoms with E-state index in [4.69, 9.17) is 9.99 Å². The fraction of sp³-hybridized carbons (Fsp3) is 0.148. The molecule has 0 radical (unpaired) electrons. The lowest BCUT2D eigenvalue weighted by Gasteiger charge is -2.26. The number of nitrogens with one attached hydrogen (secondary N) is 2. The van der Waals surface area contributed by atoms with Gasteiger partial charge in [-0.15, -0.1) is 14.6 Å². The molecule has 1 saturated heterocycles. The molecule has 6 N–H and O–H groups in total. The van der Waals surface area contributed by atoms with E-state index in [-0.39, 0.29) is 27.9 Å². The molecule has 0 saturated carbocycles. The van der Waals surface area contributed by atoms with Gasteiger partial charge in [-0.05, 0) is 30.3 Å². The Morgan fingerprint density at radius 3 is 2.49 bits per heavy atom. The Morgan fingerprint density at radius 1 is 1.04 bits per heavy atom. The topological polar surface area (TPSA) is 263 Å². The first-order valence-electron chi connectivity index (χ1n) is 13.7. The van der Waals surface area contributed by atoms with Crippen LogP contribution in [0.15, 0.2) is 85.8 Å². The van der Waals surface area contributed by atoms with Crippen molar-refractivity contribution in [1.29, 1.82) is 0 Å². The molecule has 1 aromatic heterocycles. The van der Waals surface area contributed by atoms with Crippen LogP contribution in [0.2, 0.25) is 0 Å². The number of anilines is 4. The van der Waals surface area contributed by atoms with Gasteiger partial charge >= 0.3 is 12.0 Å². The van der Waals surface area contributed by atoms with Crippen LogP contribution in [0.1, 0.15) is 15.9 Å². The van der Waals surface area contributed by atoms with Gasteiger partial charge in [-0.3, -0.25) is 9.98 Å². The predicted molar refractivity (Wildman–Crippen MR) is 169 cm³/mol. The third-order valence-corrected chi connectivity index (χ3v) is 7.85. The van der Waals surface area contributed by atoms with E-state index in [1.54, 1.807) is 35.2 Å². The third-order valence-electron chi connectivity index (χ3n) is 6.45.